The Hall–Kier alpha value is -2.81. The van der Waals surface area contributed by atoms with Gasteiger partial charge >= 0.3 is 0 Å². The Bertz CT molecular complexity index is 1020. The zero-order valence-corrected chi connectivity index (χ0v) is 17.2. The molecule has 0 atom stereocenters. The van der Waals surface area contributed by atoms with E-state index in [0.717, 1.165) is 23.6 Å². The van der Waals surface area contributed by atoms with Crippen LogP contribution in [-0.2, 0) is 14.8 Å². The second-order valence-electron chi connectivity index (χ2n) is 7.24. The molecule has 2 aromatic carbocycles. The lowest BCUT2D eigenvalue weighted by atomic mass is 10.1. The highest BCUT2D eigenvalue weighted by Crippen LogP contribution is 2.34. The predicted molar refractivity (Wildman–Crippen MR) is 109 cm³/mol. The molecule has 0 radical (unpaired) electrons. The Morgan fingerprint density at radius 2 is 1.63 bits per heavy atom. The summed E-state index contributed by atoms with van der Waals surface area (Å²) in [7, 11) is -4.11. The molecule has 0 N–H and O–H groups in total. The zero-order valence-electron chi connectivity index (χ0n) is 16.4. The third kappa shape index (κ3) is 4.21. The number of piperidine rings is 1. The fourth-order valence-electron chi connectivity index (χ4n) is 3.60. The predicted octanol–water partition coefficient (Wildman–Crippen LogP) is 2.80. The molecule has 30 heavy (non-hydrogen) atoms. The average molecular weight is 434 g/mol. The van der Waals surface area contributed by atoms with Gasteiger partial charge in [-0.05, 0) is 55.7 Å². The first-order valence-electron chi connectivity index (χ1n) is 9.91. The van der Waals surface area contributed by atoms with Gasteiger partial charge in [0.15, 0.2) is 11.5 Å². The van der Waals surface area contributed by atoms with Crippen molar-refractivity contribution in [1.82, 2.24) is 4.90 Å². The topological polar surface area (TPSA) is 76.2 Å². The lowest BCUT2D eigenvalue weighted by Crippen LogP contribution is -2.44. The highest BCUT2D eigenvalue weighted by Gasteiger charge is 2.30. The number of rotatable bonds is 5. The van der Waals surface area contributed by atoms with Gasteiger partial charge < -0.3 is 14.4 Å². The van der Waals surface area contributed by atoms with Crippen LogP contribution >= 0.6 is 0 Å². The van der Waals surface area contributed by atoms with E-state index in [1.165, 1.54) is 42.5 Å². The molecule has 0 spiro atoms. The molecule has 2 heterocycles. The maximum Gasteiger partial charge on any atom is 0.264 e. The fourth-order valence-corrected chi connectivity index (χ4v) is 5.03. The van der Waals surface area contributed by atoms with Crippen molar-refractivity contribution in [2.75, 3.05) is 37.2 Å². The first-order valence-corrected chi connectivity index (χ1v) is 11.3. The summed E-state index contributed by atoms with van der Waals surface area (Å²) in [5.74, 6) is 0.0413. The molecule has 9 heteroatoms. The van der Waals surface area contributed by atoms with Gasteiger partial charge in [0.05, 0.1) is 10.6 Å². The van der Waals surface area contributed by atoms with Crippen LogP contribution in [0.5, 0.6) is 11.5 Å². The second kappa shape index (κ2) is 8.51. The highest BCUT2D eigenvalue weighted by molar-refractivity contribution is 7.92. The number of hydrogen-bond acceptors (Lipinski definition) is 5. The number of likely N-dealkylation sites (tertiary alicyclic amines) is 1. The second-order valence-corrected chi connectivity index (χ2v) is 9.10. The van der Waals surface area contributed by atoms with Crippen LogP contribution in [0.15, 0.2) is 47.4 Å². The van der Waals surface area contributed by atoms with Crippen molar-refractivity contribution in [3.63, 3.8) is 0 Å². The maximum absolute atomic E-state index is 13.5. The molecule has 1 saturated heterocycles. The van der Waals surface area contributed by atoms with Crippen LogP contribution in [0, 0.1) is 5.82 Å². The smallest absolute Gasteiger partial charge is 0.264 e. The van der Waals surface area contributed by atoms with Gasteiger partial charge in [-0.2, -0.15) is 0 Å². The number of nitrogens with zero attached hydrogens (tertiary/aromatic N) is 2. The van der Waals surface area contributed by atoms with E-state index in [2.05, 4.69) is 0 Å². The summed E-state index contributed by atoms with van der Waals surface area (Å²) in [6, 6.07) is 9.41. The molecule has 1 fully saturated rings. The van der Waals surface area contributed by atoms with Gasteiger partial charge in [0.1, 0.15) is 25.6 Å². The maximum atomic E-state index is 13.5. The standard InChI is InChI=1S/C21H23FN2O5S/c22-16-4-6-17(7-5-16)24(15-21(25)23-10-2-1-3-11-23)30(26,27)18-8-9-19-20(14-18)29-13-12-28-19/h4-9,14H,1-3,10-13,15H2. The Morgan fingerprint density at radius 3 is 2.33 bits per heavy atom. The molecule has 160 valence electrons. The molecule has 4 rings (SSSR count). The van der Waals surface area contributed by atoms with Crippen molar-refractivity contribution >= 4 is 21.6 Å². The molecule has 2 aliphatic rings. The molecular formula is C21H23FN2O5S. The zero-order chi connectivity index (χ0) is 21.1. The number of carbonyl (C=O) groups is 1. The Morgan fingerprint density at radius 1 is 0.967 bits per heavy atom. The van der Waals surface area contributed by atoms with Gasteiger partial charge in [0.2, 0.25) is 5.91 Å². The van der Waals surface area contributed by atoms with E-state index in [0.29, 0.717) is 37.8 Å². The van der Waals surface area contributed by atoms with E-state index in [1.54, 1.807) is 4.90 Å². The van der Waals surface area contributed by atoms with Crippen molar-refractivity contribution in [1.29, 1.82) is 0 Å². The Kier molecular flexibility index (Phi) is 5.80. The highest BCUT2D eigenvalue weighted by atomic mass is 32.2. The minimum Gasteiger partial charge on any atom is -0.486 e. The third-order valence-corrected chi connectivity index (χ3v) is 6.97. The SMILES string of the molecule is O=C(CN(c1ccc(F)cc1)S(=O)(=O)c1ccc2c(c1)OCCO2)N1CCCCC1. The fraction of sp³-hybridized carbons (Fsp3) is 0.381. The summed E-state index contributed by atoms with van der Waals surface area (Å²) in [6.45, 7) is 1.58. The number of ether oxygens (including phenoxy) is 2. The van der Waals surface area contributed by atoms with Gasteiger partial charge in [-0.1, -0.05) is 0 Å². The molecule has 2 aromatic rings. The van der Waals surface area contributed by atoms with E-state index in [9.17, 15) is 17.6 Å². The van der Waals surface area contributed by atoms with Gasteiger partial charge in [0.25, 0.3) is 10.0 Å². The molecule has 0 unspecified atom stereocenters. The van der Waals surface area contributed by atoms with Crippen LogP contribution in [0.25, 0.3) is 0 Å². The Balaban J connectivity index is 1.68. The first-order chi connectivity index (χ1) is 14.4. The summed E-state index contributed by atoms with van der Waals surface area (Å²) < 4.78 is 52.4. The minimum absolute atomic E-state index is 0.0254. The molecule has 2 aliphatic heterocycles. The quantitative estimate of drug-likeness (QED) is 0.723. The van der Waals surface area contributed by atoms with Crippen LogP contribution < -0.4 is 13.8 Å². The third-order valence-electron chi connectivity index (χ3n) is 5.20. The van der Waals surface area contributed by atoms with E-state index >= 15 is 0 Å². The van der Waals surface area contributed by atoms with Crippen molar-refractivity contribution in [3.8, 4) is 11.5 Å². The van der Waals surface area contributed by atoms with Crippen molar-refractivity contribution < 1.29 is 27.1 Å². The molecule has 7 nitrogen and oxygen atoms in total. The number of benzene rings is 2. The minimum atomic E-state index is -4.11. The summed E-state index contributed by atoms with van der Waals surface area (Å²) >= 11 is 0. The van der Waals surface area contributed by atoms with E-state index in [1.807, 2.05) is 0 Å². The van der Waals surface area contributed by atoms with Crippen LogP contribution in [0.2, 0.25) is 0 Å². The largest absolute Gasteiger partial charge is 0.486 e. The van der Waals surface area contributed by atoms with Crippen molar-refractivity contribution in [2.24, 2.45) is 0 Å². The van der Waals surface area contributed by atoms with Gasteiger partial charge in [0, 0.05) is 19.2 Å². The number of amides is 1. The summed E-state index contributed by atoms with van der Waals surface area (Å²) in [5, 5.41) is 0. The monoisotopic (exact) mass is 434 g/mol. The van der Waals surface area contributed by atoms with Crippen LogP contribution in [0.1, 0.15) is 19.3 Å². The van der Waals surface area contributed by atoms with Crippen molar-refractivity contribution in [3.05, 3.63) is 48.3 Å². The summed E-state index contributed by atoms with van der Waals surface area (Å²) in [6.07, 6.45) is 2.86. The van der Waals surface area contributed by atoms with Crippen LogP contribution in [0.3, 0.4) is 0 Å². The molecule has 0 bridgehead atoms. The lowest BCUT2D eigenvalue weighted by Gasteiger charge is -2.30. The van der Waals surface area contributed by atoms with E-state index in [4.69, 9.17) is 9.47 Å². The normalized spacial score (nSPS) is 16.2. The average Bonchev–Trinajstić information content (AvgIpc) is 2.78. The number of hydrogen-bond donors (Lipinski definition) is 0. The molecule has 0 aliphatic carbocycles. The number of halogens is 1. The molecule has 0 aromatic heterocycles. The Labute approximate surface area is 175 Å². The number of sulfonamides is 1. The first kappa shape index (κ1) is 20.5. The summed E-state index contributed by atoms with van der Waals surface area (Å²) in [4.78, 5) is 14.5. The number of fused-ring (bicyclic) bond motifs is 1. The van der Waals surface area contributed by atoms with Crippen molar-refractivity contribution in [2.45, 2.75) is 24.2 Å². The summed E-state index contributed by atoms with van der Waals surface area (Å²) in [5.41, 5.74) is 0.219. The van der Waals surface area contributed by atoms with Gasteiger partial charge in [-0.15, -0.1) is 0 Å². The van der Waals surface area contributed by atoms with Gasteiger partial charge in [-0.25, -0.2) is 12.8 Å². The molecule has 1 amide bonds. The number of anilines is 1. The lowest BCUT2D eigenvalue weighted by molar-refractivity contribution is -0.130. The van der Waals surface area contributed by atoms with Crippen LogP contribution in [0.4, 0.5) is 10.1 Å². The molecule has 0 saturated carbocycles. The number of carbonyl (C=O) groups excluding carboxylic acids is 1. The van der Waals surface area contributed by atoms with E-state index < -0.39 is 15.8 Å². The van der Waals surface area contributed by atoms with Gasteiger partial charge in [-0.3, -0.25) is 9.10 Å². The van der Waals surface area contributed by atoms with Crippen LogP contribution in [-0.4, -0.2) is 52.1 Å². The molecular weight excluding hydrogens is 411 g/mol. The van der Waals surface area contributed by atoms with E-state index in [-0.39, 0.29) is 23.0 Å².